The minimum absolute atomic E-state index is 0.0327. The van der Waals surface area contributed by atoms with Gasteiger partial charge in [-0.25, -0.2) is 0 Å². The number of rotatable bonds is 9. The monoisotopic (exact) mass is 384 g/mol. The Hall–Kier alpha value is -0.300. The van der Waals surface area contributed by atoms with Crippen LogP contribution in [-0.2, 0) is 4.52 Å². The Kier molecular flexibility index (Phi) is 10.4. The van der Waals surface area contributed by atoms with Gasteiger partial charge in [0.05, 0.1) is 18.0 Å². The van der Waals surface area contributed by atoms with Crippen LogP contribution < -0.4 is 5.73 Å². The van der Waals surface area contributed by atoms with E-state index in [-0.39, 0.29) is 11.7 Å². The molecule has 0 fully saturated rings. The third kappa shape index (κ3) is 7.20. The first kappa shape index (κ1) is 17.7. The normalized spacial score (nSPS) is 15.1. The summed E-state index contributed by atoms with van der Waals surface area (Å²) in [6, 6.07) is -0.251. The molecule has 18 heavy (non-hydrogen) atoms. The molecule has 0 aliphatic rings. The lowest BCUT2D eigenvalue weighted by Crippen LogP contribution is -2.22. The molecule has 0 spiro atoms. The summed E-state index contributed by atoms with van der Waals surface area (Å²) < 4.78 is 5.23. The Morgan fingerprint density at radius 2 is 2.39 bits per heavy atom. The van der Waals surface area contributed by atoms with Crippen LogP contribution in [0.25, 0.3) is 0 Å². The molecule has 2 N–H and O–H groups in total. The van der Waals surface area contributed by atoms with Crippen LogP contribution in [0.5, 0.6) is 0 Å². The first-order chi connectivity index (χ1) is 8.56. The van der Waals surface area contributed by atoms with Crippen LogP contribution in [0.1, 0.15) is 19.8 Å². The van der Waals surface area contributed by atoms with Crippen molar-refractivity contribution in [3.05, 3.63) is 46.2 Å². The van der Waals surface area contributed by atoms with Crippen molar-refractivity contribution >= 4 is 28.5 Å². The molecule has 0 aromatic heterocycles. The lowest BCUT2D eigenvalue weighted by molar-refractivity contribution is -0.419. The van der Waals surface area contributed by atoms with Gasteiger partial charge in [0.1, 0.15) is 0 Å². The summed E-state index contributed by atoms with van der Waals surface area (Å²) in [5, 5.41) is 10.7. The molecule has 0 aliphatic heterocycles. The van der Waals surface area contributed by atoms with Gasteiger partial charge in [0, 0.05) is 12.1 Å². The van der Waals surface area contributed by atoms with Crippen molar-refractivity contribution in [3.8, 4) is 0 Å². The summed E-state index contributed by atoms with van der Waals surface area (Å²) in [7, 11) is 0. The Morgan fingerprint density at radius 3 is 2.83 bits per heavy atom. The van der Waals surface area contributed by atoms with E-state index >= 15 is 0 Å². The number of allylic oxidation sites excluding steroid dienone is 2. The summed E-state index contributed by atoms with van der Waals surface area (Å²) in [5.41, 5.74) is 6.68. The van der Waals surface area contributed by atoms with E-state index in [0.29, 0.717) is 25.1 Å². The van der Waals surface area contributed by atoms with Crippen molar-refractivity contribution in [1.82, 2.24) is 0 Å². The number of nitrogens with zero attached hydrogens (tertiary/aromatic N) is 1. The topological polar surface area (TPSA) is 78.4 Å². The van der Waals surface area contributed by atoms with Crippen LogP contribution in [0.15, 0.2) is 36.1 Å². The Labute approximate surface area is 122 Å². The van der Waals surface area contributed by atoms with Crippen LogP contribution >= 0.6 is 28.5 Å². The molecular weight excluding hydrogens is 366 g/mol. The van der Waals surface area contributed by atoms with Gasteiger partial charge in [0.25, 0.3) is 5.70 Å². The summed E-state index contributed by atoms with van der Waals surface area (Å²) in [6.45, 7) is 6.37. The van der Waals surface area contributed by atoms with E-state index in [1.807, 2.05) is 0 Å². The maximum absolute atomic E-state index is 10.7. The maximum Gasteiger partial charge on any atom is 0.265 e. The van der Waals surface area contributed by atoms with E-state index in [1.54, 1.807) is 13.0 Å². The SMILES string of the molecule is C=C/C(=C\C(=C/C)[N+](=O)[O-])C(N)CCCOPI. The summed E-state index contributed by atoms with van der Waals surface area (Å²) in [6.07, 6.45) is 6.02. The van der Waals surface area contributed by atoms with E-state index in [4.69, 9.17) is 10.3 Å². The molecule has 102 valence electrons. The molecule has 7 heteroatoms. The zero-order valence-corrected chi connectivity index (χ0v) is 13.4. The second kappa shape index (κ2) is 10.6. The highest BCUT2D eigenvalue weighted by atomic mass is 127. The molecule has 0 bridgehead atoms. The van der Waals surface area contributed by atoms with Gasteiger partial charge in [-0.05, 0) is 53.5 Å². The molecule has 0 amide bonds. The van der Waals surface area contributed by atoms with E-state index in [2.05, 4.69) is 28.6 Å². The number of hydrogen-bond acceptors (Lipinski definition) is 4. The fourth-order valence-corrected chi connectivity index (χ4v) is 2.19. The largest absolute Gasteiger partial charge is 0.352 e. The molecule has 0 radical (unpaired) electrons. The lowest BCUT2D eigenvalue weighted by Gasteiger charge is -2.12. The van der Waals surface area contributed by atoms with Crippen LogP contribution in [-0.4, -0.2) is 17.6 Å². The Bertz CT molecular complexity index is 345. The highest BCUT2D eigenvalue weighted by molar-refractivity contribution is 14.2. The average molecular weight is 384 g/mol. The van der Waals surface area contributed by atoms with E-state index in [1.165, 1.54) is 12.2 Å². The van der Waals surface area contributed by atoms with Crippen molar-refractivity contribution in [2.45, 2.75) is 25.8 Å². The highest BCUT2D eigenvalue weighted by Crippen LogP contribution is 2.22. The first-order valence-corrected chi connectivity index (χ1v) is 9.46. The Balaban J connectivity index is 4.51. The zero-order valence-electron chi connectivity index (χ0n) is 10.3. The van der Waals surface area contributed by atoms with Crippen molar-refractivity contribution in [3.63, 3.8) is 0 Å². The van der Waals surface area contributed by atoms with Gasteiger partial charge in [0.15, 0.2) is 0 Å². The maximum atomic E-state index is 10.7. The van der Waals surface area contributed by atoms with E-state index in [9.17, 15) is 10.1 Å². The van der Waals surface area contributed by atoms with Gasteiger partial charge in [-0.3, -0.25) is 10.1 Å². The molecule has 0 saturated heterocycles. The van der Waals surface area contributed by atoms with Gasteiger partial charge in [-0.2, -0.15) is 0 Å². The van der Waals surface area contributed by atoms with Gasteiger partial charge in [0.2, 0.25) is 0 Å². The van der Waals surface area contributed by atoms with Crippen LogP contribution in [0.3, 0.4) is 0 Å². The lowest BCUT2D eigenvalue weighted by atomic mass is 10.0. The average Bonchev–Trinajstić information content (AvgIpc) is 2.35. The number of nitro groups is 1. The van der Waals surface area contributed by atoms with Gasteiger partial charge >= 0.3 is 0 Å². The number of hydrogen-bond donors (Lipinski definition) is 1. The second-order valence-electron chi connectivity index (χ2n) is 3.49. The van der Waals surface area contributed by atoms with Crippen molar-refractivity contribution in [2.24, 2.45) is 5.73 Å². The quantitative estimate of drug-likeness (QED) is 0.165. The standard InChI is InChI=1S/C11H18IN2O3P/c1-3-9(8-10(4-2)14(15)16)11(13)6-5-7-17-18-12/h3-4,8,11,18H,1,5-7,13H2,2H3/b9-8+,10-4+. The minimum Gasteiger partial charge on any atom is -0.352 e. The van der Waals surface area contributed by atoms with E-state index in [0.717, 1.165) is 6.42 Å². The molecule has 0 aromatic carbocycles. The smallest absolute Gasteiger partial charge is 0.265 e. The summed E-state index contributed by atoms with van der Waals surface area (Å²) in [4.78, 5) is 10.3. The Morgan fingerprint density at radius 1 is 1.72 bits per heavy atom. The van der Waals surface area contributed by atoms with Crippen molar-refractivity contribution < 1.29 is 9.45 Å². The summed E-state index contributed by atoms with van der Waals surface area (Å²) in [5.74, 6) is 0. The third-order valence-electron chi connectivity index (χ3n) is 2.30. The first-order valence-electron chi connectivity index (χ1n) is 5.44. The molecule has 0 heterocycles. The van der Waals surface area contributed by atoms with Crippen molar-refractivity contribution in [1.29, 1.82) is 0 Å². The molecule has 0 aliphatic carbocycles. The van der Waals surface area contributed by atoms with E-state index < -0.39 is 4.92 Å². The predicted octanol–water partition coefficient (Wildman–Crippen LogP) is 3.35. The fraction of sp³-hybridized carbons (Fsp3) is 0.455. The van der Waals surface area contributed by atoms with Crippen LogP contribution in [0.2, 0.25) is 0 Å². The predicted molar refractivity (Wildman–Crippen MR) is 84.5 cm³/mol. The van der Waals surface area contributed by atoms with Crippen LogP contribution in [0.4, 0.5) is 0 Å². The number of halogens is 1. The molecule has 2 unspecified atom stereocenters. The number of nitrogens with two attached hydrogens (primary N) is 1. The summed E-state index contributed by atoms with van der Waals surface area (Å²) >= 11 is 2.16. The molecule has 0 saturated carbocycles. The van der Waals surface area contributed by atoms with Gasteiger partial charge in [-0.1, -0.05) is 12.7 Å². The minimum atomic E-state index is -0.434. The van der Waals surface area contributed by atoms with Crippen LogP contribution in [0, 0.1) is 10.1 Å². The van der Waals surface area contributed by atoms with Crippen molar-refractivity contribution in [2.75, 3.05) is 6.61 Å². The van der Waals surface area contributed by atoms with Gasteiger partial charge in [-0.15, -0.1) is 0 Å². The highest BCUT2D eigenvalue weighted by Gasteiger charge is 2.11. The fourth-order valence-electron chi connectivity index (χ4n) is 1.31. The third-order valence-corrected chi connectivity index (χ3v) is 3.55. The second-order valence-corrected chi connectivity index (χ2v) is 5.26. The molecule has 5 nitrogen and oxygen atoms in total. The zero-order chi connectivity index (χ0) is 14.0. The van der Waals surface area contributed by atoms with Gasteiger partial charge < -0.3 is 10.3 Å². The molecule has 0 rings (SSSR count). The molecule has 0 aromatic rings. The molecular formula is C11H18IN2O3P. The molecule has 2 atom stereocenters.